The molecule has 0 radical (unpaired) electrons. The van der Waals surface area contributed by atoms with Crippen molar-refractivity contribution in [2.45, 2.75) is 37.7 Å². The third-order valence-corrected chi connectivity index (χ3v) is 3.94. The molecule has 0 aromatic heterocycles. The Hall–Kier alpha value is -0.980. The van der Waals surface area contributed by atoms with Crippen molar-refractivity contribution in [3.8, 4) is 11.8 Å². The number of aliphatic hydroxyl groups excluding tert-OH is 1. The molecular weight excluding hydrogens is 247 g/mol. The zero-order valence-electron chi connectivity index (χ0n) is 10.9. The van der Waals surface area contributed by atoms with Gasteiger partial charge in [0.25, 0.3) is 0 Å². The zero-order chi connectivity index (χ0) is 13.4. The first-order valence-electron chi connectivity index (χ1n) is 6.16. The van der Waals surface area contributed by atoms with Gasteiger partial charge in [-0.25, -0.2) is 4.39 Å². The minimum Gasteiger partial charge on any atom is -0.395 e. The summed E-state index contributed by atoms with van der Waals surface area (Å²) in [5, 5.41) is 9.23. The molecule has 1 aromatic carbocycles. The summed E-state index contributed by atoms with van der Waals surface area (Å²) in [6.45, 7) is 4.36. The van der Waals surface area contributed by atoms with E-state index in [1.54, 1.807) is 6.07 Å². The van der Waals surface area contributed by atoms with Gasteiger partial charge in [0.15, 0.2) is 0 Å². The highest BCUT2D eigenvalue weighted by Gasteiger charge is 2.03. The maximum Gasteiger partial charge on any atom is 0.124 e. The highest BCUT2D eigenvalue weighted by Crippen LogP contribution is 2.21. The number of halogens is 1. The van der Waals surface area contributed by atoms with Crippen LogP contribution in [0.4, 0.5) is 4.39 Å². The van der Waals surface area contributed by atoms with Gasteiger partial charge in [-0.1, -0.05) is 25.7 Å². The molecule has 1 unspecified atom stereocenters. The molecule has 1 aromatic rings. The lowest BCUT2D eigenvalue weighted by Gasteiger charge is -2.08. The van der Waals surface area contributed by atoms with E-state index in [0.29, 0.717) is 17.2 Å². The Labute approximate surface area is 113 Å². The van der Waals surface area contributed by atoms with E-state index in [4.69, 9.17) is 5.11 Å². The summed E-state index contributed by atoms with van der Waals surface area (Å²) in [6, 6.07) is 4.91. The summed E-state index contributed by atoms with van der Waals surface area (Å²) in [6.07, 6.45) is 1.54. The summed E-state index contributed by atoms with van der Waals surface area (Å²) < 4.78 is 13.4. The number of aliphatic hydroxyl groups is 1. The van der Waals surface area contributed by atoms with Gasteiger partial charge < -0.3 is 5.11 Å². The Bertz CT molecular complexity index is 434. The van der Waals surface area contributed by atoms with Crippen LogP contribution in [0.3, 0.4) is 0 Å². The molecule has 1 N–H and O–H groups in total. The Morgan fingerprint density at radius 1 is 1.39 bits per heavy atom. The van der Waals surface area contributed by atoms with Gasteiger partial charge in [-0.2, -0.15) is 11.8 Å². The SMILES string of the molecule is CCC(C)SCc1cc(F)cc(C#CCCO)c1. The van der Waals surface area contributed by atoms with Crippen molar-refractivity contribution in [3.05, 3.63) is 35.1 Å². The third kappa shape index (κ3) is 5.57. The van der Waals surface area contributed by atoms with E-state index in [1.807, 2.05) is 17.8 Å². The molecule has 0 saturated heterocycles. The molecule has 0 aliphatic rings. The van der Waals surface area contributed by atoms with Crippen LogP contribution >= 0.6 is 11.8 Å². The van der Waals surface area contributed by atoms with E-state index in [2.05, 4.69) is 25.7 Å². The monoisotopic (exact) mass is 266 g/mol. The van der Waals surface area contributed by atoms with Crippen molar-refractivity contribution < 1.29 is 9.50 Å². The van der Waals surface area contributed by atoms with Crippen molar-refractivity contribution >= 4 is 11.8 Å². The smallest absolute Gasteiger partial charge is 0.124 e. The number of hydrogen-bond donors (Lipinski definition) is 1. The lowest BCUT2D eigenvalue weighted by Crippen LogP contribution is -1.94. The van der Waals surface area contributed by atoms with Crippen LogP contribution in [0, 0.1) is 17.7 Å². The second-order valence-corrected chi connectivity index (χ2v) is 5.58. The van der Waals surface area contributed by atoms with Gasteiger partial charge in [0.2, 0.25) is 0 Å². The summed E-state index contributed by atoms with van der Waals surface area (Å²) in [5.41, 5.74) is 1.65. The highest BCUT2D eigenvalue weighted by molar-refractivity contribution is 7.99. The molecule has 18 heavy (non-hydrogen) atoms. The topological polar surface area (TPSA) is 20.2 Å². The number of thioether (sulfide) groups is 1. The largest absolute Gasteiger partial charge is 0.395 e. The lowest BCUT2D eigenvalue weighted by molar-refractivity contribution is 0.305. The van der Waals surface area contributed by atoms with Gasteiger partial charge in [-0.15, -0.1) is 0 Å². The second kappa shape index (κ2) is 8.18. The normalized spacial score (nSPS) is 11.8. The molecule has 3 heteroatoms. The molecule has 0 fully saturated rings. The number of rotatable bonds is 5. The first-order chi connectivity index (χ1) is 8.65. The van der Waals surface area contributed by atoms with E-state index >= 15 is 0 Å². The van der Waals surface area contributed by atoms with E-state index in [0.717, 1.165) is 17.7 Å². The average Bonchev–Trinajstić information content (AvgIpc) is 2.35. The van der Waals surface area contributed by atoms with E-state index in [-0.39, 0.29) is 12.4 Å². The van der Waals surface area contributed by atoms with E-state index < -0.39 is 0 Å². The van der Waals surface area contributed by atoms with Gasteiger partial charge in [-0.05, 0) is 30.2 Å². The average molecular weight is 266 g/mol. The van der Waals surface area contributed by atoms with Gasteiger partial charge >= 0.3 is 0 Å². The van der Waals surface area contributed by atoms with Crippen LogP contribution in [0.5, 0.6) is 0 Å². The fraction of sp³-hybridized carbons (Fsp3) is 0.467. The van der Waals surface area contributed by atoms with E-state index in [9.17, 15) is 4.39 Å². The predicted octanol–water partition coefficient (Wildman–Crippen LogP) is 3.59. The van der Waals surface area contributed by atoms with Gasteiger partial charge in [-0.3, -0.25) is 0 Å². The fourth-order valence-corrected chi connectivity index (χ4v) is 2.26. The number of hydrogen-bond acceptors (Lipinski definition) is 2. The molecule has 1 rings (SSSR count). The molecular formula is C15H19FOS. The van der Waals surface area contributed by atoms with Crippen LogP contribution in [0.1, 0.15) is 37.8 Å². The Kier molecular flexibility index (Phi) is 6.85. The molecule has 1 nitrogen and oxygen atoms in total. The second-order valence-electron chi connectivity index (χ2n) is 4.15. The van der Waals surface area contributed by atoms with Crippen LogP contribution in [0.25, 0.3) is 0 Å². The fourth-order valence-electron chi connectivity index (χ4n) is 1.38. The summed E-state index contributed by atoms with van der Waals surface area (Å²) in [7, 11) is 0. The molecule has 98 valence electrons. The van der Waals surface area contributed by atoms with Gasteiger partial charge in [0.05, 0.1) is 6.61 Å². The number of benzene rings is 1. The third-order valence-electron chi connectivity index (χ3n) is 2.54. The van der Waals surface area contributed by atoms with Crippen LogP contribution < -0.4 is 0 Å². The molecule has 0 aliphatic heterocycles. The van der Waals surface area contributed by atoms with E-state index in [1.165, 1.54) is 6.07 Å². The Morgan fingerprint density at radius 3 is 2.83 bits per heavy atom. The molecule has 1 atom stereocenters. The predicted molar refractivity (Wildman–Crippen MR) is 76.0 cm³/mol. The Balaban J connectivity index is 2.72. The van der Waals surface area contributed by atoms with Crippen molar-refractivity contribution in [1.29, 1.82) is 0 Å². The highest BCUT2D eigenvalue weighted by atomic mass is 32.2. The quantitative estimate of drug-likeness (QED) is 0.822. The summed E-state index contributed by atoms with van der Waals surface area (Å²) in [5.74, 6) is 6.24. The molecule has 0 bridgehead atoms. The minimum atomic E-state index is -0.245. The first-order valence-corrected chi connectivity index (χ1v) is 7.21. The zero-order valence-corrected chi connectivity index (χ0v) is 11.7. The van der Waals surface area contributed by atoms with Crippen LogP contribution in [0.15, 0.2) is 18.2 Å². The lowest BCUT2D eigenvalue weighted by atomic mass is 10.1. The first kappa shape index (κ1) is 15.1. The maximum atomic E-state index is 13.4. The minimum absolute atomic E-state index is 0.0407. The van der Waals surface area contributed by atoms with Gasteiger partial charge in [0.1, 0.15) is 5.82 Å². The maximum absolute atomic E-state index is 13.4. The standard InChI is InChI=1S/C15H19FOS/c1-3-12(2)18-11-14-8-13(6-4-5-7-17)9-15(16)10-14/h8-10,12,17H,3,5,7,11H2,1-2H3. The van der Waals surface area contributed by atoms with Crippen molar-refractivity contribution in [3.63, 3.8) is 0 Å². The molecule has 0 amide bonds. The van der Waals surface area contributed by atoms with Crippen molar-refractivity contribution in [1.82, 2.24) is 0 Å². The molecule has 0 spiro atoms. The van der Waals surface area contributed by atoms with Gasteiger partial charge in [0, 0.05) is 23.0 Å². The summed E-state index contributed by atoms with van der Waals surface area (Å²) in [4.78, 5) is 0. The summed E-state index contributed by atoms with van der Waals surface area (Å²) >= 11 is 1.82. The molecule has 0 saturated carbocycles. The molecule has 0 heterocycles. The Morgan fingerprint density at radius 2 is 2.17 bits per heavy atom. The van der Waals surface area contributed by atoms with Crippen molar-refractivity contribution in [2.24, 2.45) is 0 Å². The van der Waals surface area contributed by atoms with Crippen LogP contribution in [-0.2, 0) is 5.75 Å². The van der Waals surface area contributed by atoms with Crippen molar-refractivity contribution in [2.75, 3.05) is 6.61 Å². The van der Waals surface area contributed by atoms with Crippen LogP contribution in [-0.4, -0.2) is 17.0 Å². The molecule has 0 aliphatic carbocycles. The van der Waals surface area contributed by atoms with Crippen LogP contribution in [0.2, 0.25) is 0 Å².